The summed E-state index contributed by atoms with van der Waals surface area (Å²) < 4.78 is 6.62. The highest BCUT2D eigenvalue weighted by Gasteiger charge is 2.22. The zero-order valence-electron chi connectivity index (χ0n) is 12.0. The van der Waals surface area contributed by atoms with Crippen LogP contribution < -0.4 is 15.4 Å². The van der Waals surface area contributed by atoms with Crippen LogP contribution in [0.5, 0.6) is 5.75 Å². The Hall–Kier alpha value is -2.01. The first-order chi connectivity index (χ1) is 10.7. The summed E-state index contributed by atoms with van der Waals surface area (Å²) in [5.74, 6) is 0.838. The van der Waals surface area contributed by atoms with Crippen LogP contribution in [0, 0.1) is 0 Å². The Kier molecular flexibility index (Phi) is 4.63. The average Bonchev–Trinajstić information content (AvgIpc) is 2.55. The van der Waals surface area contributed by atoms with E-state index in [0.717, 1.165) is 27.9 Å². The van der Waals surface area contributed by atoms with E-state index < -0.39 is 0 Å². The van der Waals surface area contributed by atoms with Crippen molar-refractivity contribution in [2.24, 2.45) is 0 Å². The van der Waals surface area contributed by atoms with Crippen molar-refractivity contribution in [2.75, 3.05) is 18.5 Å². The fourth-order valence-electron chi connectivity index (χ4n) is 2.49. The molecule has 1 atom stereocenters. The molecule has 0 fully saturated rings. The third kappa shape index (κ3) is 3.60. The number of halogens is 1. The summed E-state index contributed by atoms with van der Waals surface area (Å²) in [5, 5.41) is 6.19. The van der Waals surface area contributed by atoms with Crippen LogP contribution in [0.1, 0.15) is 18.0 Å². The van der Waals surface area contributed by atoms with E-state index in [9.17, 15) is 4.79 Å². The Balaban J connectivity index is 1.57. The fourth-order valence-corrected chi connectivity index (χ4v) is 2.75. The van der Waals surface area contributed by atoms with Crippen molar-refractivity contribution in [3.8, 4) is 5.75 Å². The van der Waals surface area contributed by atoms with E-state index in [4.69, 9.17) is 4.74 Å². The Morgan fingerprint density at radius 3 is 2.77 bits per heavy atom. The largest absolute Gasteiger partial charge is 0.493 e. The fraction of sp³-hybridized carbons (Fsp3) is 0.235. The van der Waals surface area contributed by atoms with Crippen molar-refractivity contribution in [1.29, 1.82) is 0 Å². The van der Waals surface area contributed by atoms with E-state index >= 15 is 0 Å². The molecule has 114 valence electrons. The maximum atomic E-state index is 12.1. The molecule has 0 spiro atoms. The highest BCUT2D eigenvalue weighted by atomic mass is 79.9. The number of ether oxygens (including phenoxy) is 1. The van der Waals surface area contributed by atoms with Crippen LogP contribution in [0.4, 0.5) is 5.69 Å². The van der Waals surface area contributed by atoms with Crippen LogP contribution in [0.2, 0.25) is 0 Å². The zero-order valence-corrected chi connectivity index (χ0v) is 13.6. The van der Waals surface area contributed by atoms with Gasteiger partial charge in [0.1, 0.15) is 5.75 Å². The van der Waals surface area contributed by atoms with Gasteiger partial charge in [-0.1, -0.05) is 34.1 Å². The number of carbonyl (C=O) groups is 1. The number of hydrogen-bond donors (Lipinski definition) is 2. The molecule has 5 heteroatoms. The van der Waals surface area contributed by atoms with E-state index in [-0.39, 0.29) is 18.5 Å². The lowest BCUT2D eigenvalue weighted by molar-refractivity contribution is -0.120. The summed E-state index contributed by atoms with van der Waals surface area (Å²) in [5.41, 5.74) is 1.97. The molecule has 0 aliphatic carbocycles. The number of para-hydroxylation sites is 1. The van der Waals surface area contributed by atoms with Gasteiger partial charge in [-0.2, -0.15) is 0 Å². The average molecular weight is 361 g/mol. The minimum absolute atomic E-state index is 0.0177. The summed E-state index contributed by atoms with van der Waals surface area (Å²) in [6, 6.07) is 15.6. The molecule has 1 aliphatic heterocycles. The third-order valence-corrected chi connectivity index (χ3v) is 4.12. The van der Waals surface area contributed by atoms with Crippen LogP contribution in [-0.2, 0) is 4.79 Å². The number of fused-ring (bicyclic) bond motifs is 1. The van der Waals surface area contributed by atoms with Gasteiger partial charge in [0.2, 0.25) is 5.91 Å². The summed E-state index contributed by atoms with van der Waals surface area (Å²) in [4.78, 5) is 12.1. The van der Waals surface area contributed by atoms with Gasteiger partial charge in [0.05, 0.1) is 19.2 Å². The summed E-state index contributed by atoms with van der Waals surface area (Å²) in [6.45, 7) is 0.878. The van der Waals surface area contributed by atoms with Gasteiger partial charge in [0.15, 0.2) is 0 Å². The highest BCUT2D eigenvalue weighted by molar-refractivity contribution is 9.10. The maximum absolute atomic E-state index is 12.1. The van der Waals surface area contributed by atoms with Crippen LogP contribution in [0.15, 0.2) is 53.0 Å². The number of anilines is 1. The second kappa shape index (κ2) is 6.83. The Labute approximate surface area is 138 Å². The standard InChI is InChI=1S/C17H17BrN2O2/c18-12-5-7-13(8-6-12)19-11-17(21)20-15-9-10-22-16-4-2-1-3-14(15)16/h1-8,15,19H,9-11H2,(H,20,21). The lowest BCUT2D eigenvalue weighted by Crippen LogP contribution is -2.35. The minimum Gasteiger partial charge on any atom is -0.493 e. The number of rotatable bonds is 4. The van der Waals surface area contributed by atoms with Crippen molar-refractivity contribution >= 4 is 27.5 Å². The third-order valence-electron chi connectivity index (χ3n) is 3.59. The van der Waals surface area contributed by atoms with E-state index in [0.29, 0.717) is 6.61 Å². The lowest BCUT2D eigenvalue weighted by atomic mass is 10.0. The summed E-state index contributed by atoms with van der Waals surface area (Å²) in [6.07, 6.45) is 0.793. The van der Waals surface area contributed by atoms with E-state index in [1.807, 2.05) is 48.5 Å². The molecule has 3 rings (SSSR count). The number of amides is 1. The molecular formula is C17H17BrN2O2. The maximum Gasteiger partial charge on any atom is 0.239 e. The topological polar surface area (TPSA) is 50.4 Å². The van der Waals surface area contributed by atoms with Crippen LogP contribution in [0.25, 0.3) is 0 Å². The van der Waals surface area contributed by atoms with Crippen molar-refractivity contribution in [2.45, 2.75) is 12.5 Å². The smallest absolute Gasteiger partial charge is 0.239 e. The predicted molar refractivity (Wildman–Crippen MR) is 90.1 cm³/mol. The molecule has 1 heterocycles. The Bertz CT molecular complexity index is 658. The first-order valence-corrected chi connectivity index (χ1v) is 8.02. The second-order valence-corrected chi connectivity index (χ2v) is 6.07. The summed E-state index contributed by atoms with van der Waals surface area (Å²) in [7, 11) is 0. The molecule has 2 aromatic carbocycles. The Morgan fingerprint density at radius 2 is 1.95 bits per heavy atom. The number of nitrogens with one attached hydrogen (secondary N) is 2. The van der Waals surface area contributed by atoms with Crippen molar-refractivity contribution in [3.05, 3.63) is 58.6 Å². The number of carbonyl (C=O) groups excluding carboxylic acids is 1. The van der Waals surface area contributed by atoms with Gasteiger partial charge >= 0.3 is 0 Å². The van der Waals surface area contributed by atoms with Crippen LogP contribution >= 0.6 is 15.9 Å². The first kappa shape index (κ1) is 14.9. The molecule has 0 saturated carbocycles. The normalized spacial score (nSPS) is 16.3. The quantitative estimate of drug-likeness (QED) is 0.877. The molecule has 2 aromatic rings. The zero-order chi connectivity index (χ0) is 15.4. The van der Waals surface area contributed by atoms with Gasteiger partial charge < -0.3 is 15.4 Å². The van der Waals surface area contributed by atoms with Crippen molar-refractivity contribution in [1.82, 2.24) is 5.32 Å². The second-order valence-electron chi connectivity index (χ2n) is 5.16. The predicted octanol–water partition coefficient (Wildman–Crippen LogP) is 3.50. The SMILES string of the molecule is O=C(CNc1ccc(Br)cc1)NC1CCOc2ccccc21. The van der Waals surface area contributed by atoms with Gasteiger partial charge in [0, 0.05) is 22.1 Å². The van der Waals surface area contributed by atoms with Gasteiger partial charge in [0.25, 0.3) is 0 Å². The Morgan fingerprint density at radius 1 is 1.18 bits per heavy atom. The van der Waals surface area contributed by atoms with Crippen LogP contribution in [-0.4, -0.2) is 19.1 Å². The van der Waals surface area contributed by atoms with Crippen LogP contribution in [0.3, 0.4) is 0 Å². The first-order valence-electron chi connectivity index (χ1n) is 7.23. The molecule has 2 N–H and O–H groups in total. The number of hydrogen-bond acceptors (Lipinski definition) is 3. The number of benzene rings is 2. The minimum atomic E-state index is -0.0235. The molecule has 1 amide bonds. The molecule has 0 bridgehead atoms. The highest BCUT2D eigenvalue weighted by Crippen LogP contribution is 2.31. The molecule has 22 heavy (non-hydrogen) atoms. The van der Waals surface area contributed by atoms with Gasteiger partial charge in [-0.05, 0) is 30.3 Å². The van der Waals surface area contributed by atoms with Gasteiger partial charge in [-0.25, -0.2) is 0 Å². The lowest BCUT2D eigenvalue weighted by Gasteiger charge is -2.26. The summed E-state index contributed by atoms with van der Waals surface area (Å²) >= 11 is 3.39. The van der Waals surface area contributed by atoms with E-state index in [2.05, 4.69) is 26.6 Å². The van der Waals surface area contributed by atoms with Gasteiger partial charge in [-0.15, -0.1) is 0 Å². The van der Waals surface area contributed by atoms with E-state index in [1.165, 1.54) is 0 Å². The van der Waals surface area contributed by atoms with Crippen molar-refractivity contribution < 1.29 is 9.53 Å². The van der Waals surface area contributed by atoms with Crippen molar-refractivity contribution in [3.63, 3.8) is 0 Å². The molecule has 0 aromatic heterocycles. The van der Waals surface area contributed by atoms with E-state index in [1.54, 1.807) is 0 Å². The molecule has 4 nitrogen and oxygen atoms in total. The molecule has 1 aliphatic rings. The van der Waals surface area contributed by atoms with Gasteiger partial charge in [-0.3, -0.25) is 4.79 Å². The molecular weight excluding hydrogens is 344 g/mol. The molecule has 0 saturated heterocycles. The monoisotopic (exact) mass is 360 g/mol. The molecule has 1 unspecified atom stereocenters. The molecule has 0 radical (unpaired) electrons.